The molecule has 0 aliphatic heterocycles. The van der Waals surface area contributed by atoms with Crippen molar-refractivity contribution in [3.8, 4) is 0 Å². The minimum Gasteiger partial charge on any atom is -0.330 e. The van der Waals surface area contributed by atoms with Crippen LogP contribution in [0.2, 0.25) is 0 Å². The van der Waals surface area contributed by atoms with Crippen molar-refractivity contribution in [2.24, 2.45) is 23.5 Å². The van der Waals surface area contributed by atoms with Gasteiger partial charge in [-0.1, -0.05) is 6.42 Å². The zero-order valence-corrected chi connectivity index (χ0v) is 9.34. The van der Waals surface area contributed by atoms with E-state index in [1.807, 2.05) is 0 Å². The lowest BCUT2D eigenvalue weighted by Crippen LogP contribution is -2.37. The average Bonchev–Trinajstić information content (AvgIpc) is 2.79. The largest absolute Gasteiger partial charge is 0.330 e. The minimum atomic E-state index is 0.719. The predicted molar refractivity (Wildman–Crippen MR) is 60.1 cm³/mol. The van der Waals surface area contributed by atoms with E-state index in [-0.39, 0.29) is 0 Å². The van der Waals surface area contributed by atoms with Crippen LogP contribution < -0.4 is 11.1 Å². The van der Waals surface area contributed by atoms with Gasteiger partial charge in [0.2, 0.25) is 0 Å². The lowest BCUT2D eigenvalue weighted by atomic mass is 9.84. The summed E-state index contributed by atoms with van der Waals surface area (Å²) in [4.78, 5) is 0. The van der Waals surface area contributed by atoms with Crippen LogP contribution in [0, 0.1) is 17.8 Å². The van der Waals surface area contributed by atoms with Gasteiger partial charge < -0.3 is 11.1 Å². The smallest absolute Gasteiger partial charge is 0.00697 e. The van der Waals surface area contributed by atoms with Crippen molar-refractivity contribution in [1.82, 2.24) is 5.32 Å². The van der Waals surface area contributed by atoms with Crippen LogP contribution >= 0.6 is 0 Å². The normalized spacial score (nSPS) is 37.7. The van der Waals surface area contributed by atoms with Crippen LogP contribution in [-0.4, -0.2) is 19.1 Å². The Labute approximate surface area is 87.6 Å². The summed E-state index contributed by atoms with van der Waals surface area (Å²) in [6, 6.07) is 0.719. The van der Waals surface area contributed by atoms with Crippen molar-refractivity contribution in [3.63, 3.8) is 0 Å². The average molecular weight is 196 g/mol. The summed E-state index contributed by atoms with van der Waals surface area (Å²) >= 11 is 0. The molecule has 4 atom stereocenters. The van der Waals surface area contributed by atoms with Gasteiger partial charge in [0, 0.05) is 6.04 Å². The molecule has 0 saturated heterocycles. The Morgan fingerprint density at radius 1 is 1.36 bits per heavy atom. The Kier molecular flexibility index (Phi) is 3.45. The van der Waals surface area contributed by atoms with Gasteiger partial charge in [-0.3, -0.25) is 0 Å². The lowest BCUT2D eigenvalue weighted by Gasteiger charge is -2.28. The first-order chi connectivity index (χ1) is 6.81. The molecule has 2 bridgehead atoms. The van der Waals surface area contributed by atoms with Crippen LogP contribution in [0.25, 0.3) is 0 Å². The van der Waals surface area contributed by atoms with E-state index in [1.54, 1.807) is 0 Å². The zero-order chi connectivity index (χ0) is 9.97. The second-order valence-corrected chi connectivity index (χ2v) is 5.22. The molecular weight excluding hydrogens is 172 g/mol. The van der Waals surface area contributed by atoms with Crippen LogP contribution in [0.3, 0.4) is 0 Å². The summed E-state index contributed by atoms with van der Waals surface area (Å²) in [5, 5.41) is 3.63. The van der Waals surface area contributed by atoms with Gasteiger partial charge in [0.15, 0.2) is 0 Å². The van der Waals surface area contributed by atoms with Crippen molar-refractivity contribution in [2.75, 3.05) is 13.1 Å². The highest BCUT2D eigenvalue weighted by Crippen LogP contribution is 2.49. The molecule has 2 aliphatic rings. The molecule has 0 heterocycles. The standard InChI is InChI=1S/C12H24N2/c1-9(14-6-2-5-13)12-8-10-3-4-11(12)7-10/h9-12,14H,2-8,13H2,1H3. The Morgan fingerprint density at radius 3 is 2.79 bits per heavy atom. The maximum atomic E-state index is 5.49. The molecule has 2 saturated carbocycles. The first-order valence-corrected chi connectivity index (χ1v) is 6.24. The molecular formula is C12H24N2. The zero-order valence-electron chi connectivity index (χ0n) is 9.34. The second-order valence-electron chi connectivity index (χ2n) is 5.22. The van der Waals surface area contributed by atoms with Gasteiger partial charge in [-0.25, -0.2) is 0 Å². The summed E-state index contributed by atoms with van der Waals surface area (Å²) in [6.45, 7) is 4.28. The fourth-order valence-corrected chi connectivity index (χ4v) is 3.49. The van der Waals surface area contributed by atoms with Crippen molar-refractivity contribution < 1.29 is 0 Å². The molecule has 2 aliphatic carbocycles. The van der Waals surface area contributed by atoms with Crippen molar-refractivity contribution in [3.05, 3.63) is 0 Å². The number of rotatable bonds is 5. The van der Waals surface area contributed by atoms with Crippen LogP contribution in [0.15, 0.2) is 0 Å². The Bertz CT molecular complexity index is 181. The third kappa shape index (κ3) is 2.12. The lowest BCUT2D eigenvalue weighted by molar-refractivity contribution is 0.260. The molecule has 3 N–H and O–H groups in total. The van der Waals surface area contributed by atoms with Crippen molar-refractivity contribution in [1.29, 1.82) is 0 Å². The fourth-order valence-electron chi connectivity index (χ4n) is 3.49. The van der Waals surface area contributed by atoms with E-state index in [4.69, 9.17) is 5.73 Å². The molecule has 0 spiro atoms. The summed E-state index contributed by atoms with van der Waals surface area (Å²) in [5.41, 5.74) is 5.49. The highest BCUT2D eigenvalue weighted by Gasteiger charge is 2.41. The molecule has 0 aromatic heterocycles. The molecule has 0 aromatic carbocycles. The fraction of sp³-hybridized carbons (Fsp3) is 1.00. The summed E-state index contributed by atoms with van der Waals surface area (Å²) in [7, 11) is 0. The maximum Gasteiger partial charge on any atom is 0.00697 e. The van der Waals surface area contributed by atoms with Crippen LogP contribution in [0.5, 0.6) is 0 Å². The van der Waals surface area contributed by atoms with E-state index in [0.29, 0.717) is 0 Å². The Morgan fingerprint density at radius 2 is 2.21 bits per heavy atom. The highest BCUT2D eigenvalue weighted by molar-refractivity contribution is 4.93. The molecule has 2 fully saturated rings. The summed E-state index contributed by atoms with van der Waals surface area (Å²) in [5.74, 6) is 3.08. The van der Waals surface area contributed by atoms with E-state index in [1.165, 1.54) is 25.7 Å². The Balaban J connectivity index is 1.72. The molecule has 2 nitrogen and oxygen atoms in total. The SMILES string of the molecule is CC(NCCCN)C1CC2CCC1C2. The number of nitrogens with two attached hydrogens (primary N) is 1. The molecule has 4 unspecified atom stereocenters. The number of hydrogen-bond acceptors (Lipinski definition) is 2. The van der Waals surface area contributed by atoms with Gasteiger partial charge in [-0.15, -0.1) is 0 Å². The van der Waals surface area contributed by atoms with E-state index >= 15 is 0 Å². The summed E-state index contributed by atoms with van der Waals surface area (Å²) in [6.07, 6.45) is 7.13. The minimum absolute atomic E-state index is 0.719. The number of fused-ring (bicyclic) bond motifs is 2. The topological polar surface area (TPSA) is 38.0 Å². The Hall–Kier alpha value is -0.0800. The van der Waals surface area contributed by atoms with Gasteiger partial charge in [0.05, 0.1) is 0 Å². The van der Waals surface area contributed by atoms with Gasteiger partial charge in [-0.05, 0) is 63.5 Å². The van der Waals surface area contributed by atoms with E-state index < -0.39 is 0 Å². The van der Waals surface area contributed by atoms with Crippen LogP contribution in [0.4, 0.5) is 0 Å². The van der Waals surface area contributed by atoms with E-state index in [9.17, 15) is 0 Å². The van der Waals surface area contributed by atoms with Gasteiger partial charge in [0.1, 0.15) is 0 Å². The monoisotopic (exact) mass is 196 g/mol. The van der Waals surface area contributed by atoms with E-state index in [2.05, 4.69) is 12.2 Å². The molecule has 0 aromatic rings. The van der Waals surface area contributed by atoms with Crippen molar-refractivity contribution >= 4 is 0 Å². The molecule has 82 valence electrons. The van der Waals surface area contributed by atoms with Gasteiger partial charge in [-0.2, -0.15) is 0 Å². The number of hydrogen-bond donors (Lipinski definition) is 2. The van der Waals surface area contributed by atoms with Crippen LogP contribution in [-0.2, 0) is 0 Å². The van der Waals surface area contributed by atoms with Gasteiger partial charge >= 0.3 is 0 Å². The predicted octanol–water partition coefficient (Wildman–Crippen LogP) is 1.75. The summed E-state index contributed by atoms with van der Waals surface area (Å²) < 4.78 is 0. The van der Waals surface area contributed by atoms with Gasteiger partial charge in [0.25, 0.3) is 0 Å². The number of nitrogens with one attached hydrogen (secondary N) is 1. The molecule has 0 amide bonds. The van der Waals surface area contributed by atoms with Crippen LogP contribution in [0.1, 0.15) is 39.0 Å². The second kappa shape index (κ2) is 4.63. The first-order valence-electron chi connectivity index (χ1n) is 6.24. The third-order valence-electron chi connectivity index (χ3n) is 4.28. The highest BCUT2D eigenvalue weighted by atomic mass is 14.9. The molecule has 14 heavy (non-hydrogen) atoms. The molecule has 0 radical (unpaired) electrons. The van der Waals surface area contributed by atoms with E-state index in [0.717, 1.165) is 43.3 Å². The quantitative estimate of drug-likeness (QED) is 0.657. The maximum absolute atomic E-state index is 5.49. The first kappa shape index (κ1) is 10.4. The molecule has 2 heteroatoms. The van der Waals surface area contributed by atoms with Crippen molar-refractivity contribution in [2.45, 2.75) is 45.1 Å². The molecule has 2 rings (SSSR count). The third-order valence-corrected chi connectivity index (χ3v) is 4.28.